The molecule has 138 valence electrons. The minimum Gasteiger partial charge on any atom is -0.372 e. The number of carbonyl (C=O) groups excluding carboxylic acids is 2. The number of likely N-dealkylation sites (tertiary alicyclic amines) is 1. The number of anilines is 2. The van der Waals surface area contributed by atoms with Crippen LogP contribution in [0, 0.1) is 5.92 Å². The fourth-order valence-corrected chi connectivity index (χ4v) is 3.06. The average Bonchev–Trinajstić information content (AvgIpc) is 3.03. The molecule has 1 N–H and O–H groups in total. The molecule has 0 saturated carbocycles. The number of rotatable bonds is 5. The Morgan fingerprint density at radius 1 is 1.32 bits per heavy atom. The van der Waals surface area contributed by atoms with Crippen molar-refractivity contribution < 1.29 is 9.59 Å². The Kier molecular flexibility index (Phi) is 6.28. The molecule has 1 saturated heterocycles. The molecule has 0 aromatic heterocycles. The van der Waals surface area contributed by atoms with Gasteiger partial charge in [-0.05, 0) is 44.4 Å². The molecular weight excluding hydrogens is 316 g/mol. The zero-order chi connectivity index (χ0) is 18.6. The van der Waals surface area contributed by atoms with Crippen LogP contribution >= 0.6 is 0 Å². The summed E-state index contributed by atoms with van der Waals surface area (Å²) in [4.78, 5) is 29.6. The van der Waals surface area contributed by atoms with Crippen molar-refractivity contribution in [3.63, 3.8) is 0 Å². The fraction of sp³-hybridized carbons (Fsp3) is 0.579. The van der Waals surface area contributed by atoms with Crippen LogP contribution in [0.15, 0.2) is 24.3 Å². The van der Waals surface area contributed by atoms with Gasteiger partial charge in [-0.2, -0.15) is 0 Å². The minimum atomic E-state index is -0.120. The SMILES string of the molecule is CC(=O)N1CCC(CN(C)C(=O)Nc2cccc(N(C)C(C)C)c2)C1. The molecule has 2 rings (SSSR count). The lowest BCUT2D eigenvalue weighted by Gasteiger charge is -2.25. The Morgan fingerprint density at radius 3 is 2.64 bits per heavy atom. The molecule has 0 spiro atoms. The molecule has 1 heterocycles. The number of amides is 3. The van der Waals surface area contributed by atoms with Crippen molar-refractivity contribution >= 4 is 23.3 Å². The van der Waals surface area contributed by atoms with Crippen LogP contribution in [0.5, 0.6) is 0 Å². The van der Waals surface area contributed by atoms with Crippen LogP contribution in [0.25, 0.3) is 0 Å². The third-order valence-electron chi connectivity index (χ3n) is 4.89. The number of benzene rings is 1. The molecule has 1 atom stereocenters. The standard InChI is InChI=1S/C19H30N4O2/c1-14(2)22(5)18-8-6-7-17(11-18)20-19(25)21(4)12-16-9-10-23(13-16)15(3)24/h6-8,11,14,16H,9-10,12-13H2,1-5H3,(H,20,25). The number of carbonyl (C=O) groups is 2. The Bertz CT molecular complexity index is 617. The lowest BCUT2D eigenvalue weighted by molar-refractivity contribution is -0.127. The van der Waals surface area contributed by atoms with E-state index in [1.165, 1.54) is 0 Å². The van der Waals surface area contributed by atoms with Crippen molar-refractivity contribution in [1.82, 2.24) is 9.80 Å². The first-order valence-electron chi connectivity index (χ1n) is 8.88. The number of hydrogen-bond acceptors (Lipinski definition) is 3. The second-order valence-corrected chi connectivity index (χ2v) is 7.19. The van der Waals surface area contributed by atoms with E-state index >= 15 is 0 Å². The zero-order valence-electron chi connectivity index (χ0n) is 16.0. The van der Waals surface area contributed by atoms with E-state index in [4.69, 9.17) is 0 Å². The fourth-order valence-electron chi connectivity index (χ4n) is 3.06. The molecular formula is C19H30N4O2. The van der Waals surface area contributed by atoms with E-state index in [1.807, 2.05) is 36.2 Å². The van der Waals surface area contributed by atoms with E-state index in [0.717, 1.165) is 30.9 Å². The highest BCUT2D eigenvalue weighted by Gasteiger charge is 2.26. The van der Waals surface area contributed by atoms with Gasteiger partial charge >= 0.3 is 6.03 Å². The van der Waals surface area contributed by atoms with Gasteiger partial charge in [0.1, 0.15) is 0 Å². The second-order valence-electron chi connectivity index (χ2n) is 7.19. The van der Waals surface area contributed by atoms with Gasteiger partial charge in [-0.15, -0.1) is 0 Å². The van der Waals surface area contributed by atoms with Crippen molar-refractivity contribution in [2.75, 3.05) is 43.9 Å². The van der Waals surface area contributed by atoms with Gasteiger partial charge in [0.15, 0.2) is 0 Å². The average molecular weight is 346 g/mol. The summed E-state index contributed by atoms with van der Waals surface area (Å²) in [5.74, 6) is 0.457. The molecule has 1 aromatic carbocycles. The summed E-state index contributed by atoms with van der Waals surface area (Å²) in [6.07, 6.45) is 0.950. The molecule has 6 nitrogen and oxygen atoms in total. The van der Waals surface area contributed by atoms with E-state index in [0.29, 0.717) is 18.5 Å². The molecule has 0 radical (unpaired) electrons. The van der Waals surface area contributed by atoms with E-state index in [1.54, 1.807) is 18.9 Å². The van der Waals surface area contributed by atoms with E-state index < -0.39 is 0 Å². The van der Waals surface area contributed by atoms with E-state index in [2.05, 4.69) is 24.1 Å². The maximum atomic E-state index is 12.5. The molecule has 1 aliphatic heterocycles. The smallest absolute Gasteiger partial charge is 0.321 e. The Balaban J connectivity index is 1.91. The van der Waals surface area contributed by atoms with Gasteiger partial charge in [0, 0.05) is 58.1 Å². The normalized spacial score (nSPS) is 16.9. The first kappa shape index (κ1) is 19.1. The van der Waals surface area contributed by atoms with Crippen molar-refractivity contribution in [1.29, 1.82) is 0 Å². The molecule has 0 aliphatic carbocycles. The Morgan fingerprint density at radius 2 is 2.04 bits per heavy atom. The summed E-state index contributed by atoms with van der Waals surface area (Å²) in [6, 6.07) is 8.14. The third-order valence-corrected chi connectivity index (χ3v) is 4.89. The predicted octanol–water partition coefficient (Wildman–Crippen LogP) is 2.86. The van der Waals surface area contributed by atoms with Crippen molar-refractivity contribution in [3.8, 4) is 0 Å². The first-order chi connectivity index (χ1) is 11.8. The molecule has 3 amide bonds. The molecule has 25 heavy (non-hydrogen) atoms. The second kappa shape index (κ2) is 8.23. The molecule has 1 aliphatic rings. The number of nitrogens with zero attached hydrogens (tertiary/aromatic N) is 3. The van der Waals surface area contributed by atoms with E-state index in [-0.39, 0.29) is 11.9 Å². The topological polar surface area (TPSA) is 55.9 Å². The van der Waals surface area contributed by atoms with Gasteiger partial charge in [-0.3, -0.25) is 4.79 Å². The number of nitrogens with one attached hydrogen (secondary N) is 1. The summed E-state index contributed by atoms with van der Waals surface area (Å²) < 4.78 is 0. The van der Waals surface area contributed by atoms with Crippen LogP contribution in [0.4, 0.5) is 16.2 Å². The van der Waals surface area contributed by atoms with Gasteiger partial charge in [-0.25, -0.2) is 4.79 Å². The van der Waals surface area contributed by atoms with Crippen LogP contribution < -0.4 is 10.2 Å². The largest absolute Gasteiger partial charge is 0.372 e. The van der Waals surface area contributed by atoms with E-state index in [9.17, 15) is 9.59 Å². The summed E-state index contributed by atoms with van der Waals surface area (Å²) in [7, 11) is 3.84. The monoisotopic (exact) mass is 346 g/mol. The molecule has 0 bridgehead atoms. The van der Waals surface area contributed by atoms with Gasteiger partial charge in [0.2, 0.25) is 5.91 Å². The Hall–Kier alpha value is -2.24. The number of urea groups is 1. The molecule has 1 unspecified atom stereocenters. The predicted molar refractivity (Wildman–Crippen MR) is 102 cm³/mol. The lowest BCUT2D eigenvalue weighted by atomic mass is 10.1. The van der Waals surface area contributed by atoms with Crippen LogP contribution in [0.3, 0.4) is 0 Å². The summed E-state index contributed by atoms with van der Waals surface area (Å²) in [5.41, 5.74) is 1.86. The number of hydrogen-bond donors (Lipinski definition) is 1. The summed E-state index contributed by atoms with van der Waals surface area (Å²) in [6.45, 7) is 8.04. The van der Waals surface area contributed by atoms with Gasteiger partial charge < -0.3 is 20.0 Å². The van der Waals surface area contributed by atoms with Crippen LogP contribution in [0.1, 0.15) is 27.2 Å². The maximum Gasteiger partial charge on any atom is 0.321 e. The van der Waals surface area contributed by atoms with Gasteiger partial charge in [0.05, 0.1) is 0 Å². The highest BCUT2D eigenvalue weighted by molar-refractivity contribution is 5.89. The zero-order valence-corrected chi connectivity index (χ0v) is 16.0. The highest BCUT2D eigenvalue weighted by atomic mass is 16.2. The van der Waals surface area contributed by atoms with Crippen molar-refractivity contribution in [3.05, 3.63) is 24.3 Å². The minimum absolute atomic E-state index is 0.112. The summed E-state index contributed by atoms with van der Waals surface area (Å²) >= 11 is 0. The first-order valence-corrected chi connectivity index (χ1v) is 8.88. The van der Waals surface area contributed by atoms with Gasteiger partial charge in [0.25, 0.3) is 0 Å². The van der Waals surface area contributed by atoms with Crippen molar-refractivity contribution in [2.24, 2.45) is 5.92 Å². The quantitative estimate of drug-likeness (QED) is 0.892. The molecule has 6 heteroatoms. The maximum absolute atomic E-state index is 12.5. The Labute approximate surface area is 150 Å². The van der Waals surface area contributed by atoms with Crippen LogP contribution in [-0.2, 0) is 4.79 Å². The summed E-state index contributed by atoms with van der Waals surface area (Å²) in [5, 5.41) is 2.96. The lowest BCUT2D eigenvalue weighted by Crippen LogP contribution is -2.36. The molecule has 1 fully saturated rings. The van der Waals surface area contributed by atoms with Crippen LogP contribution in [0.2, 0.25) is 0 Å². The third kappa shape index (κ3) is 5.11. The van der Waals surface area contributed by atoms with Crippen molar-refractivity contribution in [2.45, 2.75) is 33.2 Å². The van der Waals surface area contributed by atoms with Gasteiger partial charge in [-0.1, -0.05) is 6.07 Å². The highest BCUT2D eigenvalue weighted by Crippen LogP contribution is 2.21. The van der Waals surface area contributed by atoms with Crippen LogP contribution in [-0.4, -0.2) is 61.5 Å². The molecule has 1 aromatic rings.